The summed E-state index contributed by atoms with van der Waals surface area (Å²) in [5.74, 6) is -3.29. The normalized spacial score (nSPS) is 13.5. The van der Waals surface area contributed by atoms with Crippen molar-refractivity contribution in [2.75, 3.05) is 19.6 Å². The van der Waals surface area contributed by atoms with Crippen molar-refractivity contribution in [2.24, 2.45) is 33.8 Å². The van der Waals surface area contributed by atoms with Crippen LogP contribution in [0, 0.1) is 5.92 Å². The van der Waals surface area contributed by atoms with Crippen LogP contribution < -0.4 is 38.9 Å². The highest BCUT2D eigenvalue weighted by atomic mass is 16.4. The SMILES string of the molecule is CC(C)C(NC(=O)CN)C(=O)NC(CCCCN)C(=O)NC(CCCN=C(N)N)C(=O)O. The smallest absolute Gasteiger partial charge is 0.326 e. The number of nitrogens with zero attached hydrogens (tertiary/aromatic N) is 1. The molecule has 0 fully saturated rings. The number of unbranched alkanes of at least 4 members (excludes halogenated alkanes) is 1. The molecule has 0 aliphatic heterocycles. The van der Waals surface area contributed by atoms with Gasteiger partial charge in [0.1, 0.15) is 18.1 Å². The Morgan fingerprint density at radius 2 is 1.47 bits per heavy atom. The summed E-state index contributed by atoms with van der Waals surface area (Å²) in [6, 6.07) is -3.07. The van der Waals surface area contributed by atoms with E-state index in [0.717, 1.165) is 0 Å². The Morgan fingerprint density at radius 3 is 1.97 bits per heavy atom. The minimum atomic E-state index is -1.22. The molecule has 32 heavy (non-hydrogen) atoms. The van der Waals surface area contributed by atoms with Gasteiger partial charge in [0.2, 0.25) is 17.7 Å². The number of nitrogens with two attached hydrogens (primary N) is 4. The van der Waals surface area contributed by atoms with Crippen molar-refractivity contribution in [2.45, 2.75) is 64.1 Å². The summed E-state index contributed by atoms with van der Waals surface area (Å²) >= 11 is 0. The van der Waals surface area contributed by atoms with E-state index in [1.165, 1.54) is 0 Å². The zero-order chi connectivity index (χ0) is 24.7. The highest BCUT2D eigenvalue weighted by Crippen LogP contribution is 2.07. The van der Waals surface area contributed by atoms with Crippen LogP contribution in [0.25, 0.3) is 0 Å². The number of nitrogens with one attached hydrogen (secondary N) is 3. The van der Waals surface area contributed by atoms with Crippen LogP contribution in [0.5, 0.6) is 0 Å². The van der Waals surface area contributed by atoms with Crippen LogP contribution in [0.2, 0.25) is 0 Å². The summed E-state index contributed by atoms with van der Waals surface area (Å²) in [6.07, 6.45) is 1.85. The van der Waals surface area contributed by atoms with Gasteiger partial charge in [-0.3, -0.25) is 19.4 Å². The van der Waals surface area contributed by atoms with E-state index in [2.05, 4.69) is 20.9 Å². The van der Waals surface area contributed by atoms with Gasteiger partial charge in [0, 0.05) is 6.54 Å². The molecule has 0 spiro atoms. The lowest BCUT2D eigenvalue weighted by molar-refractivity contribution is -0.142. The molecule has 3 unspecified atom stereocenters. The minimum absolute atomic E-state index is 0.0997. The molecule has 3 atom stereocenters. The number of carbonyl (C=O) groups excluding carboxylic acids is 3. The van der Waals surface area contributed by atoms with Crippen molar-refractivity contribution in [3.05, 3.63) is 0 Å². The Labute approximate surface area is 188 Å². The number of carbonyl (C=O) groups is 4. The van der Waals surface area contributed by atoms with Crippen LogP contribution >= 0.6 is 0 Å². The Morgan fingerprint density at radius 1 is 0.875 bits per heavy atom. The van der Waals surface area contributed by atoms with Gasteiger partial charge in [-0.2, -0.15) is 0 Å². The number of amides is 3. The predicted molar refractivity (Wildman–Crippen MR) is 120 cm³/mol. The molecule has 0 radical (unpaired) electrons. The summed E-state index contributed by atoms with van der Waals surface area (Å²) < 4.78 is 0. The Hall–Kier alpha value is -2.93. The number of aliphatic carboxylic acids is 1. The number of guanidine groups is 1. The van der Waals surface area contributed by atoms with E-state index in [1.54, 1.807) is 13.8 Å². The molecule has 0 saturated carbocycles. The summed E-state index contributed by atoms with van der Waals surface area (Å²) in [7, 11) is 0. The largest absolute Gasteiger partial charge is 0.480 e. The Kier molecular flexibility index (Phi) is 14.4. The highest BCUT2D eigenvalue weighted by molar-refractivity contribution is 5.93. The molecule has 13 heteroatoms. The lowest BCUT2D eigenvalue weighted by Gasteiger charge is -2.26. The topological polar surface area (TPSA) is 241 Å². The van der Waals surface area contributed by atoms with Crippen molar-refractivity contribution in [3.63, 3.8) is 0 Å². The zero-order valence-electron chi connectivity index (χ0n) is 18.8. The average molecular weight is 459 g/mol. The number of rotatable bonds is 16. The maximum atomic E-state index is 12.8. The fraction of sp³-hybridized carbons (Fsp3) is 0.737. The number of hydrogen-bond acceptors (Lipinski definition) is 7. The molecular weight excluding hydrogens is 420 g/mol. The average Bonchev–Trinajstić information content (AvgIpc) is 2.72. The van der Waals surface area contributed by atoms with Crippen molar-refractivity contribution >= 4 is 29.7 Å². The Bertz CT molecular complexity index is 652. The van der Waals surface area contributed by atoms with Gasteiger partial charge >= 0.3 is 5.97 Å². The fourth-order valence-electron chi connectivity index (χ4n) is 2.82. The molecule has 0 saturated heterocycles. The molecule has 0 aliphatic rings. The number of carboxylic acid groups (broad SMARTS) is 1. The molecule has 12 N–H and O–H groups in total. The van der Waals surface area contributed by atoms with Crippen molar-refractivity contribution in [1.29, 1.82) is 0 Å². The van der Waals surface area contributed by atoms with Gasteiger partial charge < -0.3 is 44.0 Å². The second-order valence-corrected chi connectivity index (χ2v) is 7.69. The molecular formula is C19H38N8O5. The van der Waals surface area contributed by atoms with Crippen molar-refractivity contribution < 1.29 is 24.3 Å². The first-order chi connectivity index (χ1) is 15.0. The molecule has 0 heterocycles. The molecule has 0 aromatic heterocycles. The van der Waals surface area contributed by atoms with E-state index in [9.17, 15) is 24.3 Å². The van der Waals surface area contributed by atoms with Crippen molar-refractivity contribution in [1.82, 2.24) is 16.0 Å². The lowest BCUT2D eigenvalue weighted by atomic mass is 10.0. The van der Waals surface area contributed by atoms with E-state index in [-0.39, 0.29) is 37.8 Å². The van der Waals surface area contributed by atoms with Gasteiger partial charge in [0.15, 0.2) is 5.96 Å². The third-order valence-corrected chi connectivity index (χ3v) is 4.59. The first-order valence-electron chi connectivity index (χ1n) is 10.6. The standard InChI is InChI=1S/C19H38N8O5/c1-11(2)15(27-14(28)10-21)17(30)25-12(6-3-4-8-20)16(29)26-13(18(31)32)7-5-9-24-19(22)23/h11-13,15H,3-10,20-21H2,1-2H3,(H,25,30)(H,26,29)(H,27,28)(H,31,32)(H4,22,23,24). The lowest BCUT2D eigenvalue weighted by Crippen LogP contribution is -2.57. The molecule has 0 rings (SSSR count). The van der Waals surface area contributed by atoms with Gasteiger partial charge in [-0.25, -0.2) is 4.79 Å². The summed E-state index contributed by atoms with van der Waals surface area (Å²) in [4.78, 5) is 52.5. The summed E-state index contributed by atoms with van der Waals surface area (Å²) in [5.41, 5.74) is 21.3. The van der Waals surface area contributed by atoms with Gasteiger partial charge in [-0.1, -0.05) is 13.8 Å². The number of hydrogen-bond donors (Lipinski definition) is 8. The van der Waals surface area contributed by atoms with Crippen LogP contribution in [0.3, 0.4) is 0 Å². The monoisotopic (exact) mass is 458 g/mol. The van der Waals surface area contributed by atoms with Crippen molar-refractivity contribution in [3.8, 4) is 0 Å². The minimum Gasteiger partial charge on any atom is -0.480 e. The van der Waals surface area contributed by atoms with Gasteiger partial charge in [0.05, 0.1) is 6.54 Å². The van der Waals surface area contributed by atoms with Crippen LogP contribution in [0.15, 0.2) is 4.99 Å². The number of carboxylic acids is 1. The molecule has 3 amide bonds. The molecule has 0 bridgehead atoms. The van der Waals surface area contributed by atoms with Gasteiger partial charge in [-0.15, -0.1) is 0 Å². The predicted octanol–water partition coefficient (Wildman–Crippen LogP) is -2.68. The maximum absolute atomic E-state index is 12.8. The quantitative estimate of drug-likeness (QED) is 0.0681. The van der Waals surface area contributed by atoms with E-state index in [0.29, 0.717) is 25.8 Å². The van der Waals surface area contributed by atoms with E-state index < -0.39 is 41.8 Å². The maximum Gasteiger partial charge on any atom is 0.326 e. The second-order valence-electron chi connectivity index (χ2n) is 7.69. The van der Waals surface area contributed by atoms with Crippen LogP contribution in [-0.2, 0) is 19.2 Å². The zero-order valence-corrected chi connectivity index (χ0v) is 18.8. The summed E-state index contributed by atoms with van der Waals surface area (Å²) in [5, 5.41) is 17.0. The molecule has 0 aromatic rings. The third kappa shape index (κ3) is 12.1. The summed E-state index contributed by atoms with van der Waals surface area (Å²) in [6.45, 7) is 3.82. The van der Waals surface area contributed by atoms with Gasteiger partial charge in [-0.05, 0) is 44.6 Å². The first kappa shape index (κ1) is 29.1. The Balaban J connectivity index is 5.27. The fourth-order valence-corrected chi connectivity index (χ4v) is 2.82. The second kappa shape index (κ2) is 15.8. The van der Waals surface area contributed by atoms with Crippen LogP contribution in [-0.4, -0.2) is 72.5 Å². The third-order valence-electron chi connectivity index (χ3n) is 4.59. The highest BCUT2D eigenvalue weighted by Gasteiger charge is 2.30. The van der Waals surface area contributed by atoms with Gasteiger partial charge in [0.25, 0.3) is 0 Å². The van der Waals surface area contributed by atoms with Crippen LogP contribution in [0.4, 0.5) is 0 Å². The molecule has 13 nitrogen and oxygen atoms in total. The van der Waals surface area contributed by atoms with E-state index in [1.807, 2.05) is 0 Å². The van der Waals surface area contributed by atoms with E-state index in [4.69, 9.17) is 22.9 Å². The molecule has 0 aliphatic carbocycles. The number of aliphatic imine (C=N–C) groups is 1. The molecule has 0 aromatic carbocycles. The first-order valence-corrected chi connectivity index (χ1v) is 10.6. The van der Waals surface area contributed by atoms with E-state index >= 15 is 0 Å². The molecule has 184 valence electrons. The van der Waals surface area contributed by atoms with Crippen LogP contribution in [0.1, 0.15) is 46.0 Å².